The molecule has 0 aromatic rings. The minimum atomic E-state index is 0.0381. The first-order valence-electron chi connectivity index (χ1n) is 7.69. The molecule has 19 heavy (non-hydrogen) atoms. The van der Waals surface area contributed by atoms with E-state index in [0.29, 0.717) is 0 Å². The van der Waals surface area contributed by atoms with Crippen molar-refractivity contribution in [2.75, 3.05) is 59.2 Å². The lowest BCUT2D eigenvalue weighted by atomic mass is 10.2. The number of rotatable bonds is 4. The Morgan fingerprint density at radius 1 is 0.947 bits per heavy atom. The van der Waals surface area contributed by atoms with Crippen LogP contribution in [0.3, 0.4) is 0 Å². The molecule has 3 heterocycles. The predicted molar refractivity (Wildman–Crippen MR) is 72.2 cm³/mol. The van der Waals surface area contributed by atoms with Gasteiger partial charge in [0.1, 0.15) is 0 Å². The zero-order chi connectivity index (χ0) is 12.9. The summed E-state index contributed by atoms with van der Waals surface area (Å²) in [6.45, 7) is 9.26. The van der Waals surface area contributed by atoms with Crippen LogP contribution in [-0.4, -0.2) is 81.3 Å². The minimum Gasteiger partial charge on any atom is -0.379 e. The molecule has 1 atom stereocenters. The van der Waals surface area contributed by atoms with Crippen molar-refractivity contribution in [1.82, 2.24) is 9.80 Å². The van der Waals surface area contributed by atoms with Gasteiger partial charge in [-0.25, -0.2) is 0 Å². The highest BCUT2D eigenvalue weighted by molar-refractivity contribution is 4.84. The standard InChI is InChI=1S/C14H26N2O3/c1-8-18-14(19-9-1)3-5-15-4-2-13(12-15)16-6-10-17-11-7-16/h13-14H,1-12H2. The maximum absolute atomic E-state index is 5.61. The van der Waals surface area contributed by atoms with Gasteiger partial charge >= 0.3 is 0 Å². The van der Waals surface area contributed by atoms with Gasteiger partial charge in [0, 0.05) is 38.6 Å². The summed E-state index contributed by atoms with van der Waals surface area (Å²) < 4.78 is 16.6. The molecular formula is C14H26N2O3. The molecule has 0 saturated carbocycles. The van der Waals surface area contributed by atoms with Crippen LogP contribution in [0.5, 0.6) is 0 Å². The van der Waals surface area contributed by atoms with Gasteiger partial charge in [0.15, 0.2) is 6.29 Å². The molecule has 0 aliphatic carbocycles. The molecule has 3 saturated heterocycles. The second kappa shape index (κ2) is 6.99. The van der Waals surface area contributed by atoms with Gasteiger partial charge in [-0.3, -0.25) is 4.90 Å². The van der Waals surface area contributed by atoms with Gasteiger partial charge in [-0.15, -0.1) is 0 Å². The molecule has 3 aliphatic heterocycles. The fraction of sp³-hybridized carbons (Fsp3) is 1.00. The van der Waals surface area contributed by atoms with Crippen molar-refractivity contribution >= 4 is 0 Å². The molecule has 5 nitrogen and oxygen atoms in total. The van der Waals surface area contributed by atoms with E-state index in [1.807, 2.05) is 0 Å². The first-order valence-corrected chi connectivity index (χ1v) is 7.69. The number of hydrogen-bond donors (Lipinski definition) is 0. The van der Waals surface area contributed by atoms with Crippen LogP contribution in [0.4, 0.5) is 0 Å². The summed E-state index contributed by atoms with van der Waals surface area (Å²) in [6.07, 6.45) is 3.39. The lowest BCUT2D eigenvalue weighted by Gasteiger charge is -2.32. The Balaban J connectivity index is 1.36. The maximum Gasteiger partial charge on any atom is 0.158 e. The zero-order valence-electron chi connectivity index (χ0n) is 11.8. The minimum absolute atomic E-state index is 0.0381. The van der Waals surface area contributed by atoms with Gasteiger partial charge in [-0.1, -0.05) is 0 Å². The van der Waals surface area contributed by atoms with Crippen molar-refractivity contribution in [2.24, 2.45) is 0 Å². The van der Waals surface area contributed by atoms with E-state index in [1.165, 1.54) is 19.5 Å². The van der Waals surface area contributed by atoms with Crippen molar-refractivity contribution in [1.29, 1.82) is 0 Å². The quantitative estimate of drug-likeness (QED) is 0.745. The third kappa shape index (κ3) is 3.89. The molecule has 0 radical (unpaired) electrons. The van der Waals surface area contributed by atoms with Crippen LogP contribution in [-0.2, 0) is 14.2 Å². The fourth-order valence-corrected chi connectivity index (χ4v) is 3.25. The van der Waals surface area contributed by atoms with Crippen molar-refractivity contribution < 1.29 is 14.2 Å². The molecule has 0 amide bonds. The lowest BCUT2D eigenvalue weighted by Crippen LogP contribution is -2.44. The first kappa shape index (κ1) is 13.8. The average Bonchev–Trinajstić information content (AvgIpc) is 2.96. The van der Waals surface area contributed by atoms with E-state index in [4.69, 9.17) is 14.2 Å². The number of ether oxygens (including phenoxy) is 3. The fourth-order valence-electron chi connectivity index (χ4n) is 3.25. The van der Waals surface area contributed by atoms with Crippen LogP contribution in [0.25, 0.3) is 0 Å². The molecule has 0 spiro atoms. The van der Waals surface area contributed by atoms with Crippen LogP contribution in [0.15, 0.2) is 0 Å². The second-order valence-electron chi connectivity index (χ2n) is 5.70. The highest BCUT2D eigenvalue weighted by atomic mass is 16.7. The Bertz CT molecular complexity index is 265. The molecule has 5 heteroatoms. The molecule has 3 aliphatic rings. The van der Waals surface area contributed by atoms with Crippen LogP contribution >= 0.6 is 0 Å². The zero-order valence-corrected chi connectivity index (χ0v) is 11.8. The van der Waals surface area contributed by atoms with Crippen molar-refractivity contribution in [3.05, 3.63) is 0 Å². The SMILES string of the molecule is C1COC(CCN2CCC(N3CCOCC3)C2)OC1. The number of nitrogens with zero attached hydrogens (tertiary/aromatic N) is 2. The summed E-state index contributed by atoms with van der Waals surface area (Å²) in [5.41, 5.74) is 0. The second-order valence-corrected chi connectivity index (χ2v) is 5.70. The Kier molecular flexibility index (Phi) is 5.07. The van der Waals surface area contributed by atoms with Crippen LogP contribution in [0.1, 0.15) is 19.3 Å². The van der Waals surface area contributed by atoms with E-state index in [0.717, 1.165) is 64.9 Å². The molecule has 0 aromatic heterocycles. The Morgan fingerprint density at radius 3 is 2.53 bits per heavy atom. The molecule has 0 bridgehead atoms. The summed E-state index contributed by atoms with van der Waals surface area (Å²) in [6, 6.07) is 0.733. The van der Waals surface area contributed by atoms with E-state index >= 15 is 0 Å². The smallest absolute Gasteiger partial charge is 0.158 e. The van der Waals surface area contributed by atoms with Crippen LogP contribution < -0.4 is 0 Å². The Morgan fingerprint density at radius 2 is 1.74 bits per heavy atom. The summed E-state index contributed by atoms with van der Waals surface area (Å²) in [7, 11) is 0. The summed E-state index contributed by atoms with van der Waals surface area (Å²) in [4.78, 5) is 5.15. The van der Waals surface area contributed by atoms with Crippen molar-refractivity contribution in [3.8, 4) is 0 Å². The van der Waals surface area contributed by atoms with Gasteiger partial charge < -0.3 is 19.1 Å². The van der Waals surface area contributed by atoms with Crippen LogP contribution in [0.2, 0.25) is 0 Å². The molecule has 110 valence electrons. The van der Waals surface area contributed by atoms with Gasteiger partial charge in [0.05, 0.1) is 26.4 Å². The van der Waals surface area contributed by atoms with E-state index in [1.54, 1.807) is 0 Å². The summed E-state index contributed by atoms with van der Waals surface area (Å²) in [5, 5.41) is 0. The normalized spacial score (nSPS) is 31.9. The summed E-state index contributed by atoms with van der Waals surface area (Å²) >= 11 is 0. The largest absolute Gasteiger partial charge is 0.379 e. The van der Waals surface area contributed by atoms with E-state index in [2.05, 4.69) is 9.80 Å². The third-order valence-electron chi connectivity index (χ3n) is 4.39. The van der Waals surface area contributed by atoms with Crippen molar-refractivity contribution in [3.63, 3.8) is 0 Å². The van der Waals surface area contributed by atoms with E-state index in [-0.39, 0.29) is 6.29 Å². The van der Waals surface area contributed by atoms with Gasteiger partial charge in [-0.05, 0) is 19.4 Å². The molecule has 3 fully saturated rings. The maximum atomic E-state index is 5.61. The Labute approximate surface area is 115 Å². The highest BCUT2D eigenvalue weighted by Crippen LogP contribution is 2.18. The van der Waals surface area contributed by atoms with E-state index < -0.39 is 0 Å². The Hall–Kier alpha value is -0.200. The number of morpholine rings is 1. The topological polar surface area (TPSA) is 34.2 Å². The van der Waals surface area contributed by atoms with Gasteiger partial charge in [-0.2, -0.15) is 0 Å². The van der Waals surface area contributed by atoms with Gasteiger partial charge in [0.25, 0.3) is 0 Å². The van der Waals surface area contributed by atoms with Crippen LogP contribution in [0, 0.1) is 0 Å². The third-order valence-corrected chi connectivity index (χ3v) is 4.39. The number of hydrogen-bond acceptors (Lipinski definition) is 5. The molecular weight excluding hydrogens is 244 g/mol. The molecule has 1 unspecified atom stereocenters. The average molecular weight is 270 g/mol. The monoisotopic (exact) mass is 270 g/mol. The lowest BCUT2D eigenvalue weighted by molar-refractivity contribution is -0.182. The number of likely N-dealkylation sites (tertiary alicyclic amines) is 1. The first-order chi connectivity index (χ1) is 9.42. The summed E-state index contributed by atoms with van der Waals surface area (Å²) in [5.74, 6) is 0. The van der Waals surface area contributed by atoms with E-state index in [9.17, 15) is 0 Å². The predicted octanol–water partition coefficient (Wildman–Crippen LogP) is 0.546. The van der Waals surface area contributed by atoms with Gasteiger partial charge in [0.2, 0.25) is 0 Å². The molecule has 0 N–H and O–H groups in total. The molecule has 0 aromatic carbocycles. The molecule has 3 rings (SSSR count). The highest BCUT2D eigenvalue weighted by Gasteiger charge is 2.29. The van der Waals surface area contributed by atoms with Crippen molar-refractivity contribution in [2.45, 2.75) is 31.6 Å².